The largest absolute Gasteiger partial charge is 0.481 e. The van der Waals surface area contributed by atoms with Gasteiger partial charge in [-0.25, -0.2) is 0 Å². The molecule has 0 bridgehead atoms. The lowest BCUT2D eigenvalue weighted by molar-refractivity contribution is -0.136. The van der Waals surface area contributed by atoms with Gasteiger partial charge in [0, 0.05) is 4.47 Å². The summed E-state index contributed by atoms with van der Waals surface area (Å²) in [4.78, 5) is 10.7. The predicted molar refractivity (Wildman–Crippen MR) is 59.6 cm³/mol. The number of aryl methyl sites for hydroxylation is 1. The Hall–Kier alpha value is -1.34. The van der Waals surface area contributed by atoms with Crippen LogP contribution in [0.3, 0.4) is 0 Å². The molecule has 0 aliphatic rings. The lowest BCUT2D eigenvalue weighted by Gasteiger charge is -2.09. The van der Waals surface area contributed by atoms with Crippen molar-refractivity contribution in [3.63, 3.8) is 0 Å². The number of nitriles is 1. The zero-order valence-electron chi connectivity index (χ0n) is 8.25. The fourth-order valence-electron chi connectivity index (χ4n) is 1.47. The van der Waals surface area contributed by atoms with Crippen LogP contribution in [-0.2, 0) is 17.6 Å². The molecule has 1 aromatic rings. The van der Waals surface area contributed by atoms with Crippen LogP contribution in [0.1, 0.15) is 23.6 Å². The highest BCUT2D eigenvalue weighted by Gasteiger charge is 2.13. The number of carboxylic acid groups (broad SMARTS) is 1. The number of hydrogen-bond donors (Lipinski definition) is 1. The van der Waals surface area contributed by atoms with E-state index < -0.39 is 5.97 Å². The smallest absolute Gasteiger partial charge is 0.307 e. The minimum Gasteiger partial charge on any atom is -0.481 e. The lowest BCUT2D eigenvalue weighted by Crippen LogP contribution is -2.06. The lowest BCUT2D eigenvalue weighted by atomic mass is 9.97. The highest BCUT2D eigenvalue weighted by molar-refractivity contribution is 9.10. The maximum atomic E-state index is 10.7. The van der Waals surface area contributed by atoms with Crippen LogP contribution >= 0.6 is 15.9 Å². The van der Waals surface area contributed by atoms with E-state index in [9.17, 15) is 4.79 Å². The van der Waals surface area contributed by atoms with E-state index in [4.69, 9.17) is 10.4 Å². The molecule has 0 aliphatic carbocycles. The molecule has 0 saturated carbocycles. The second-order valence-electron chi connectivity index (χ2n) is 3.10. The average Bonchev–Trinajstić information content (AvgIpc) is 2.18. The maximum Gasteiger partial charge on any atom is 0.307 e. The summed E-state index contributed by atoms with van der Waals surface area (Å²) in [6.45, 7) is 1.94. The van der Waals surface area contributed by atoms with Crippen molar-refractivity contribution in [2.24, 2.45) is 0 Å². The molecule has 0 atom stereocenters. The number of halogens is 1. The van der Waals surface area contributed by atoms with Crippen molar-refractivity contribution >= 4 is 21.9 Å². The Morgan fingerprint density at radius 2 is 2.27 bits per heavy atom. The molecule has 0 fully saturated rings. The van der Waals surface area contributed by atoms with Crippen LogP contribution in [0.2, 0.25) is 0 Å². The maximum absolute atomic E-state index is 10.7. The van der Waals surface area contributed by atoms with E-state index in [0.29, 0.717) is 15.6 Å². The van der Waals surface area contributed by atoms with Gasteiger partial charge in [0.2, 0.25) is 0 Å². The first-order valence-electron chi connectivity index (χ1n) is 4.52. The SMILES string of the molecule is CCc1ccc(Br)c(C#N)c1CC(=O)O. The monoisotopic (exact) mass is 267 g/mol. The van der Waals surface area contributed by atoms with Crippen LogP contribution in [0.5, 0.6) is 0 Å². The first-order valence-corrected chi connectivity index (χ1v) is 5.31. The average molecular weight is 268 g/mol. The number of rotatable bonds is 3. The Labute approximate surface area is 96.5 Å². The molecule has 1 N–H and O–H groups in total. The molecule has 0 amide bonds. The Morgan fingerprint density at radius 1 is 1.60 bits per heavy atom. The number of nitrogens with zero attached hydrogens (tertiary/aromatic N) is 1. The van der Waals surface area contributed by atoms with Crippen LogP contribution in [0.25, 0.3) is 0 Å². The number of benzene rings is 1. The van der Waals surface area contributed by atoms with E-state index in [1.54, 1.807) is 6.07 Å². The Bertz CT molecular complexity index is 435. The van der Waals surface area contributed by atoms with Gasteiger partial charge < -0.3 is 5.11 Å². The number of carboxylic acids is 1. The second kappa shape index (κ2) is 4.94. The van der Waals surface area contributed by atoms with Gasteiger partial charge in [-0.2, -0.15) is 5.26 Å². The van der Waals surface area contributed by atoms with Gasteiger partial charge in [0.05, 0.1) is 12.0 Å². The Kier molecular flexibility index (Phi) is 3.87. The molecule has 0 unspecified atom stereocenters. The summed E-state index contributed by atoms with van der Waals surface area (Å²) >= 11 is 3.25. The summed E-state index contributed by atoms with van der Waals surface area (Å²) in [5.41, 5.74) is 1.95. The number of carbonyl (C=O) groups is 1. The minimum absolute atomic E-state index is 0.106. The van der Waals surface area contributed by atoms with Gasteiger partial charge in [-0.3, -0.25) is 4.79 Å². The van der Waals surface area contributed by atoms with E-state index in [0.717, 1.165) is 12.0 Å². The Balaban J connectivity index is 3.35. The quantitative estimate of drug-likeness (QED) is 0.916. The van der Waals surface area contributed by atoms with Crippen molar-refractivity contribution in [3.05, 3.63) is 33.3 Å². The number of hydrogen-bond acceptors (Lipinski definition) is 2. The third-order valence-corrected chi connectivity index (χ3v) is 2.84. The van der Waals surface area contributed by atoms with Crippen molar-refractivity contribution in [2.45, 2.75) is 19.8 Å². The molecule has 0 aromatic heterocycles. The van der Waals surface area contributed by atoms with E-state index in [1.807, 2.05) is 19.1 Å². The van der Waals surface area contributed by atoms with Crippen molar-refractivity contribution < 1.29 is 9.90 Å². The van der Waals surface area contributed by atoms with Crippen molar-refractivity contribution in [1.82, 2.24) is 0 Å². The Morgan fingerprint density at radius 3 is 2.73 bits per heavy atom. The fraction of sp³-hybridized carbons (Fsp3) is 0.273. The molecule has 0 saturated heterocycles. The first kappa shape index (κ1) is 11.7. The molecule has 1 rings (SSSR count). The summed E-state index contributed by atoms with van der Waals surface area (Å²) in [6, 6.07) is 5.66. The van der Waals surface area contributed by atoms with Gasteiger partial charge in [-0.05, 0) is 39.5 Å². The van der Waals surface area contributed by atoms with Gasteiger partial charge in [-0.15, -0.1) is 0 Å². The van der Waals surface area contributed by atoms with E-state index >= 15 is 0 Å². The van der Waals surface area contributed by atoms with Crippen molar-refractivity contribution in [2.75, 3.05) is 0 Å². The zero-order chi connectivity index (χ0) is 11.4. The molecule has 15 heavy (non-hydrogen) atoms. The van der Waals surface area contributed by atoms with E-state index in [1.165, 1.54) is 0 Å². The van der Waals surface area contributed by atoms with Crippen LogP contribution in [0, 0.1) is 11.3 Å². The number of aliphatic carboxylic acids is 1. The summed E-state index contributed by atoms with van der Waals surface area (Å²) in [5.74, 6) is -0.917. The summed E-state index contributed by atoms with van der Waals surface area (Å²) in [7, 11) is 0. The molecule has 1 aromatic carbocycles. The van der Waals surface area contributed by atoms with Crippen LogP contribution in [-0.4, -0.2) is 11.1 Å². The van der Waals surface area contributed by atoms with Crippen LogP contribution < -0.4 is 0 Å². The van der Waals surface area contributed by atoms with E-state index in [2.05, 4.69) is 15.9 Å². The molecule has 78 valence electrons. The molecule has 4 heteroatoms. The normalized spacial score (nSPS) is 9.67. The minimum atomic E-state index is -0.917. The van der Waals surface area contributed by atoms with Crippen LogP contribution in [0.4, 0.5) is 0 Å². The standard InChI is InChI=1S/C11H10BrNO2/c1-2-7-3-4-10(12)9(6-13)8(7)5-11(14)15/h3-4H,2,5H2,1H3,(H,14,15). The topological polar surface area (TPSA) is 61.1 Å². The van der Waals surface area contributed by atoms with E-state index in [-0.39, 0.29) is 6.42 Å². The summed E-state index contributed by atoms with van der Waals surface area (Å²) in [6.07, 6.45) is 0.621. The highest BCUT2D eigenvalue weighted by Crippen LogP contribution is 2.24. The van der Waals surface area contributed by atoms with Crippen molar-refractivity contribution in [3.8, 4) is 6.07 Å². The predicted octanol–water partition coefficient (Wildman–Crippen LogP) is 2.51. The van der Waals surface area contributed by atoms with Crippen LogP contribution in [0.15, 0.2) is 16.6 Å². The van der Waals surface area contributed by atoms with Gasteiger partial charge in [0.1, 0.15) is 6.07 Å². The molecular formula is C11H10BrNO2. The summed E-state index contributed by atoms with van der Waals surface area (Å²) in [5, 5.41) is 17.7. The van der Waals surface area contributed by atoms with Gasteiger partial charge in [-0.1, -0.05) is 13.0 Å². The summed E-state index contributed by atoms with van der Waals surface area (Å²) < 4.78 is 0.651. The first-order chi connectivity index (χ1) is 7.10. The third kappa shape index (κ3) is 2.57. The molecule has 0 spiro atoms. The second-order valence-corrected chi connectivity index (χ2v) is 3.95. The zero-order valence-corrected chi connectivity index (χ0v) is 9.84. The molecule has 3 nitrogen and oxygen atoms in total. The van der Waals surface area contributed by atoms with Gasteiger partial charge in [0.25, 0.3) is 0 Å². The molecule has 0 aliphatic heterocycles. The fourth-order valence-corrected chi connectivity index (χ4v) is 1.93. The molecule has 0 radical (unpaired) electrons. The molecular weight excluding hydrogens is 258 g/mol. The molecule has 0 heterocycles. The van der Waals surface area contributed by atoms with Crippen molar-refractivity contribution in [1.29, 1.82) is 5.26 Å². The highest BCUT2D eigenvalue weighted by atomic mass is 79.9. The van der Waals surface area contributed by atoms with Gasteiger partial charge in [0.15, 0.2) is 0 Å². The third-order valence-electron chi connectivity index (χ3n) is 2.18. The van der Waals surface area contributed by atoms with Gasteiger partial charge >= 0.3 is 5.97 Å².